The molecule has 2 heterocycles. The number of aromatic nitrogens is 2. The number of hydrogen-bond donors (Lipinski definition) is 0. The lowest BCUT2D eigenvalue weighted by atomic mass is 10.1. The highest BCUT2D eigenvalue weighted by Crippen LogP contribution is 2.19. The van der Waals surface area contributed by atoms with E-state index in [1.54, 1.807) is 11.8 Å². The summed E-state index contributed by atoms with van der Waals surface area (Å²) >= 11 is 1.65. The van der Waals surface area contributed by atoms with Crippen molar-refractivity contribution < 1.29 is 0 Å². The first-order valence-electron chi connectivity index (χ1n) is 5.01. The number of hydrogen-bond acceptors (Lipinski definition) is 4. The van der Waals surface area contributed by atoms with E-state index in [-0.39, 0.29) is 0 Å². The molecule has 1 aromatic rings. The van der Waals surface area contributed by atoms with E-state index in [9.17, 15) is 0 Å². The Morgan fingerprint density at radius 2 is 2.00 bits per heavy atom. The van der Waals surface area contributed by atoms with Gasteiger partial charge in [-0.2, -0.15) is 0 Å². The maximum atomic E-state index is 4.54. The minimum atomic E-state index is 1.01. The second kappa shape index (κ2) is 4.64. The van der Waals surface area contributed by atoms with Crippen LogP contribution in [0.3, 0.4) is 0 Å². The number of rotatable bonds is 2. The first-order valence-corrected chi connectivity index (χ1v) is 6.23. The van der Waals surface area contributed by atoms with Crippen molar-refractivity contribution in [1.29, 1.82) is 0 Å². The molecule has 76 valence electrons. The summed E-state index contributed by atoms with van der Waals surface area (Å²) in [4.78, 5) is 11.1. The Morgan fingerprint density at radius 3 is 2.71 bits per heavy atom. The van der Waals surface area contributed by atoms with Gasteiger partial charge in [-0.1, -0.05) is 0 Å². The minimum absolute atomic E-state index is 1.01. The fourth-order valence-electron chi connectivity index (χ4n) is 1.71. The molecule has 0 aromatic carbocycles. The summed E-state index contributed by atoms with van der Waals surface area (Å²) in [6.07, 6.45) is 9.63. The molecule has 1 fully saturated rings. The molecule has 0 aliphatic carbocycles. The van der Waals surface area contributed by atoms with Gasteiger partial charge in [-0.05, 0) is 25.5 Å². The minimum Gasteiger partial charge on any atom is -0.355 e. The second-order valence-electron chi connectivity index (χ2n) is 3.47. The van der Waals surface area contributed by atoms with Crippen LogP contribution in [0.25, 0.3) is 0 Å². The molecule has 1 aromatic heterocycles. The third-order valence-corrected chi connectivity index (χ3v) is 3.10. The van der Waals surface area contributed by atoms with Gasteiger partial charge in [-0.25, -0.2) is 4.98 Å². The average molecular weight is 209 g/mol. The highest BCUT2D eigenvalue weighted by atomic mass is 32.2. The van der Waals surface area contributed by atoms with Crippen molar-refractivity contribution in [2.24, 2.45) is 0 Å². The zero-order valence-electron chi connectivity index (χ0n) is 8.44. The third kappa shape index (κ3) is 2.18. The summed E-state index contributed by atoms with van der Waals surface area (Å²) in [7, 11) is 0. The van der Waals surface area contributed by atoms with Gasteiger partial charge in [0.2, 0.25) is 0 Å². The standard InChI is InChI=1S/C10H15N3S/c1-14-10-8-11-7-9(12-10)13-5-3-2-4-6-13/h7-8H,2-6H2,1H3. The van der Waals surface area contributed by atoms with Gasteiger partial charge in [0.1, 0.15) is 10.8 Å². The van der Waals surface area contributed by atoms with Gasteiger partial charge < -0.3 is 4.90 Å². The number of thioether (sulfide) groups is 1. The summed E-state index contributed by atoms with van der Waals surface area (Å²) < 4.78 is 0. The van der Waals surface area contributed by atoms with Crippen LogP contribution in [0.15, 0.2) is 17.4 Å². The number of piperidine rings is 1. The van der Waals surface area contributed by atoms with Crippen molar-refractivity contribution in [2.45, 2.75) is 24.3 Å². The summed E-state index contributed by atoms with van der Waals surface area (Å²) in [6.45, 7) is 2.26. The molecule has 4 heteroatoms. The SMILES string of the molecule is CSc1cncc(N2CCCCC2)n1. The zero-order valence-corrected chi connectivity index (χ0v) is 9.26. The molecule has 1 aliphatic heterocycles. The Bertz CT molecular complexity index is 297. The maximum Gasteiger partial charge on any atom is 0.148 e. The molecule has 3 nitrogen and oxygen atoms in total. The van der Waals surface area contributed by atoms with Gasteiger partial charge in [0, 0.05) is 13.1 Å². The van der Waals surface area contributed by atoms with Crippen LogP contribution in [0.2, 0.25) is 0 Å². The Labute approximate surface area is 88.9 Å². The van der Waals surface area contributed by atoms with Crippen molar-refractivity contribution in [3.63, 3.8) is 0 Å². The van der Waals surface area contributed by atoms with Crippen LogP contribution in [0, 0.1) is 0 Å². The molecule has 0 saturated carbocycles. The van der Waals surface area contributed by atoms with Crippen molar-refractivity contribution in [2.75, 3.05) is 24.2 Å². The van der Waals surface area contributed by atoms with E-state index in [0.717, 1.165) is 23.9 Å². The van der Waals surface area contributed by atoms with Crippen LogP contribution >= 0.6 is 11.8 Å². The van der Waals surface area contributed by atoms with Gasteiger partial charge in [-0.15, -0.1) is 11.8 Å². The van der Waals surface area contributed by atoms with Crippen molar-refractivity contribution in [1.82, 2.24) is 9.97 Å². The average Bonchev–Trinajstić information content (AvgIpc) is 2.30. The van der Waals surface area contributed by atoms with Crippen LogP contribution in [0.1, 0.15) is 19.3 Å². The monoisotopic (exact) mass is 209 g/mol. The largest absolute Gasteiger partial charge is 0.355 e. The lowest BCUT2D eigenvalue weighted by Crippen LogP contribution is -2.30. The molecule has 0 radical (unpaired) electrons. The van der Waals surface area contributed by atoms with Crippen LogP contribution in [-0.2, 0) is 0 Å². The highest BCUT2D eigenvalue weighted by molar-refractivity contribution is 7.98. The molecule has 14 heavy (non-hydrogen) atoms. The maximum absolute atomic E-state index is 4.54. The van der Waals surface area contributed by atoms with Gasteiger partial charge in [0.05, 0.1) is 12.4 Å². The number of nitrogens with zero attached hydrogens (tertiary/aromatic N) is 3. The fraction of sp³-hybridized carbons (Fsp3) is 0.600. The summed E-state index contributed by atoms with van der Waals surface area (Å²) in [5.74, 6) is 1.04. The zero-order chi connectivity index (χ0) is 9.80. The molecule has 1 aliphatic rings. The molecule has 1 saturated heterocycles. The molecular formula is C10H15N3S. The molecule has 0 unspecified atom stereocenters. The Morgan fingerprint density at radius 1 is 1.21 bits per heavy atom. The highest BCUT2D eigenvalue weighted by Gasteiger charge is 2.12. The van der Waals surface area contributed by atoms with E-state index >= 15 is 0 Å². The van der Waals surface area contributed by atoms with E-state index in [1.165, 1.54) is 19.3 Å². The predicted molar refractivity (Wildman–Crippen MR) is 59.9 cm³/mol. The molecule has 2 rings (SSSR count). The summed E-state index contributed by atoms with van der Waals surface area (Å²) in [5, 5.41) is 1.01. The van der Waals surface area contributed by atoms with Gasteiger partial charge in [-0.3, -0.25) is 4.98 Å². The Hall–Kier alpha value is -0.770. The van der Waals surface area contributed by atoms with Gasteiger partial charge in [0.15, 0.2) is 0 Å². The van der Waals surface area contributed by atoms with E-state index in [2.05, 4.69) is 14.9 Å². The van der Waals surface area contributed by atoms with Crippen LogP contribution in [0.4, 0.5) is 5.82 Å². The van der Waals surface area contributed by atoms with Gasteiger partial charge >= 0.3 is 0 Å². The van der Waals surface area contributed by atoms with E-state index < -0.39 is 0 Å². The quantitative estimate of drug-likeness (QED) is 0.698. The van der Waals surface area contributed by atoms with Gasteiger partial charge in [0.25, 0.3) is 0 Å². The lowest BCUT2D eigenvalue weighted by Gasteiger charge is -2.27. The fourth-order valence-corrected chi connectivity index (χ4v) is 2.06. The number of anilines is 1. The molecule has 0 amide bonds. The Kier molecular flexibility index (Phi) is 3.24. The molecule has 0 atom stereocenters. The summed E-state index contributed by atoms with van der Waals surface area (Å²) in [5.41, 5.74) is 0. The van der Waals surface area contributed by atoms with Crippen LogP contribution in [0.5, 0.6) is 0 Å². The van der Waals surface area contributed by atoms with E-state index in [4.69, 9.17) is 0 Å². The van der Waals surface area contributed by atoms with Crippen LogP contribution in [-0.4, -0.2) is 29.3 Å². The Balaban J connectivity index is 2.13. The molecule has 0 N–H and O–H groups in total. The second-order valence-corrected chi connectivity index (χ2v) is 4.29. The molecule has 0 bridgehead atoms. The predicted octanol–water partition coefficient (Wildman–Crippen LogP) is 2.19. The lowest BCUT2D eigenvalue weighted by molar-refractivity contribution is 0.571. The normalized spacial score (nSPS) is 17.1. The topological polar surface area (TPSA) is 29.0 Å². The third-order valence-electron chi connectivity index (χ3n) is 2.49. The van der Waals surface area contributed by atoms with Crippen LogP contribution < -0.4 is 4.90 Å². The molecule has 0 spiro atoms. The first-order chi connectivity index (χ1) is 6.90. The van der Waals surface area contributed by atoms with Crippen molar-refractivity contribution in [3.8, 4) is 0 Å². The summed E-state index contributed by atoms with van der Waals surface area (Å²) in [6, 6.07) is 0. The van der Waals surface area contributed by atoms with E-state index in [1.807, 2.05) is 18.6 Å². The van der Waals surface area contributed by atoms with Crippen molar-refractivity contribution >= 4 is 17.6 Å². The van der Waals surface area contributed by atoms with Crippen molar-refractivity contribution in [3.05, 3.63) is 12.4 Å². The van der Waals surface area contributed by atoms with E-state index in [0.29, 0.717) is 0 Å². The first kappa shape index (κ1) is 9.77. The molecular weight excluding hydrogens is 194 g/mol. The smallest absolute Gasteiger partial charge is 0.148 e.